The van der Waals surface area contributed by atoms with Gasteiger partial charge in [-0.3, -0.25) is 10.1 Å². The molecule has 0 aliphatic heterocycles. The van der Waals surface area contributed by atoms with Crippen LogP contribution in [-0.2, 0) is 9.68 Å². The summed E-state index contributed by atoms with van der Waals surface area (Å²) in [5.41, 5.74) is 0. The van der Waals surface area contributed by atoms with Crippen molar-refractivity contribution in [2.24, 2.45) is 5.92 Å². The van der Waals surface area contributed by atoms with E-state index in [2.05, 4.69) is 43.1 Å². The Hall–Kier alpha value is -1.39. The topological polar surface area (TPSA) is 58.6 Å². The maximum atomic E-state index is 11.5. The van der Waals surface area contributed by atoms with Crippen LogP contribution in [0.5, 0.6) is 0 Å². The molecule has 4 heteroatoms. The predicted octanol–water partition coefficient (Wildman–Crippen LogP) is 6.60. The fraction of sp³-hybridized carbons (Fsp3) is 0.708. The van der Waals surface area contributed by atoms with Crippen molar-refractivity contribution < 1.29 is 14.9 Å². The molecule has 0 heterocycles. The summed E-state index contributed by atoms with van der Waals surface area (Å²) in [7, 11) is 0. The Labute approximate surface area is 173 Å². The number of allylic oxidation sites excluding steroid dienone is 4. The number of carbonyl (C=O) groups is 1. The van der Waals surface area contributed by atoms with Gasteiger partial charge in [-0.25, -0.2) is 4.89 Å². The van der Waals surface area contributed by atoms with Gasteiger partial charge in [0.25, 0.3) is 0 Å². The normalized spacial score (nSPS) is 13.3. The second-order valence-electron chi connectivity index (χ2n) is 7.84. The molecule has 0 saturated heterocycles. The molecular weight excluding hydrogens is 350 g/mol. The molecule has 2 N–H and O–H groups in total. The molecule has 0 radical (unpaired) electrons. The number of hydrogen-bond acceptors (Lipinski definition) is 3. The van der Waals surface area contributed by atoms with E-state index < -0.39 is 0 Å². The van der Waals surface area contributed by atoms with Crippen LogP contribution in [0.2, 0.25) is 0 Å². The van der Waals surface area contributed by atoms with Gasteiger partial charge in [0.05, 0.1) is 0 Å². The van der Waals surface area contributed by atoms with Gasteiger partial charge in [-0.2, -0.15) is 0 Å². The molecule has 0 fully saturated rings. The van der Waals surface area contributed by atoms with E-state index in [9.17, 15) is 4.79 Å². The van der Waals surface area contributed by atoms with Gasteiger partial charge in [-0.05, 0) is 38.0 Å². The highest BCUT2D eigenvalue weighted by atomic mass is 17.1. The van der Waals surface area contributed by atoms with E-state index in [4.69, 9.17) is 5.26 Å². The van der Waals surface area contributed by atoms with Crippen molar-refractivity contribution >= 4 is 5.91 Å². The molecule has 0 rings (SSSR count). The number of unbranched alkanes of at least 4 members (excludes halogenated alkanes) is 8. The quantitative estimate of drug-likeness (QED) is 0.0689. The summed E-state index contributed by atoms with van der Waals surface area (Å²) < 4.78 is 0. The number of hydrogen-bond donors (Lipinski definition) is 2. The van der Waals surface area contributed by atoms with Gasteiger partial charge in [0.1, 0.15) is 6.10 Å². The summed E-state index contributed by atoms with van der Waals surface area (Å²) >= 11 is 0. The van der Waals surface area contributed by atoms with E-state index in [1.165, 1.54) is 44.9 Å². The van der Waals surface area contributed by atoms with Crippen molar-refractivity contribution in [1.29, 1.82) is 0 Å². The Bertz CT molecular complexity index is 441. The molecule has 162 valence electrons. The summed E-state index contributed by atoms with van der Waals surface area (Å²) in [4.78, 5) is 16.0. The second kappa shape index (κ2) is 20.3. The Balaban J connectivity index is 3.58. The summed E-state index contributed by atoms with van der Waals surface area (Å²) in [6.07, 6.45) is 23.9. The number of amides is 1. The lowest BCUT2D eigenvalue weighted by Gasteiger charge is -2.08. The minimum absolute atomic E-state index is 0.0284. The molecule has 0 aromatic rings. The predicted molar refractivity (Wildman–Crippen MR) is 119 cm³/mol. The maximum Gasteiger partial charge on any atom is 0.243 e. The molecule has 28 heavy (non-hydrogen) atoms. The molecule has 1 unspecified atom stereocenters. The highest BCUT2D eigenvalue weighted by molar-refractivity contribution is 5.87. The van der Waals surface area contributed by atoms with Gasteiger partial charge in [0, 0.05) is 12.6 Å². The standard InChI is InChI=1S/C24H43NO3/c1-4-5-6-12-15-18-23(28-27)19-16-13-10-8-7-9-11-14-17-20-24(26)25-21-22(2)3/h11,14-15,17-18,20,22-23,27H,4-10,12-13,16,19,21H2,1-3H3,(H,25,26). The average Bonchev–Trinajstić information content (AvgIpc) is 2.68. The third-order valence-electron chi connectivity index (χ3n) is 4.50. The van der Waals surface area contributed by atoms with Crippen LogP contribution in [-0.4, -0.2) is 23.8 Å². The first kappa shape index (κ1) is 26.6. The van der Waals surface area contributed by atoms with E-state index >= 15 is 0 Å². The van der Waals surface area contributed by atoms with Gasteiger partial charge in [0.2, 0.25) is 5.91 Å². The zero-order valence-corrected chi connectivity index (χ0v) is 18.4. The molecule has 1 atom stereocenters. The van der Waals surface area contributed by atoms with Crippen molar-refractivity contribution in [1.82, 2.24) is 5.32 Å². The van der Waals surface area contributed by atoms with Crippen LogP contribution in [0.1, 0.15) is 91.4 Å². The summed E-state index contributed by atoms with van der Waals surface area (Å²) in [5.74, 6) is 0.446. The lowest BCUT2D eigenvalue weighted by Crippen LogP contribution is -2.25. The lowest BCUT2D eigenvalue weighted by molar-refractivity contribution is -0.267. The molecule has 0 aliphatic carbocycles. The molecule has 4 nitrogen and oxygen atoms in total. The van der Waals surface area contributed by atoms with Crippen LogP contribution in [0.4, 0.5) is 0 Å². The molecule has 1 amide bonds. The van der Waals surface area contributed by atoms with Crippen LogP contribution in [0.25, 0.3) is 0 Å². The van der Waals surface area contributed by atoms with Crippen molar-refractivity contribution in [2.45, 2.75) is 97.5 Å². The highest BCUT2D eigenvalue weighted by Crippen LogP contribution is 2.12. The number of nitrogens with one attached hydrogen (secondary N) is 1. The van der Waals surface area contributed by atoms with Crippen LogP contribution < -0.4 is 5.32 Å². The first-order chi connectivity index (χ1) is 13.6. The maximum absolute atomic E-state index is 11.5. The molecule has 0 spiro atoms. The van der Waals surface area contributed by atoms with Crippen LogP contribution >= 0.6 is 0 Å². The molecule has 0 saturated carbocycles. The zero-order valence-electron chi connectivity index (χ0n) is 18.4. The van der Waals surface area contributed by atoms with E-state index in [1.54, 1.807) is 12.2 Å². The van der Waals surface area contributed by atoms with Crippen molar-refractivity contribution in [3.8, 4) is 0 Å². The van der Waals surface area contributed by atoms with Crippen LogP contribution in [0, 0.1) is 5.92 Å². The monoisotopic (exact) mass is 393 g/mol. The fourth-order valence-corrected chi connectivity index (χ4v) is 2.76. The molecule has 0 aliphatic rings. The van der Waals surface area contributed by atoms with Gasteiger partial charge < -0.3 is 5.32 Å². The molecule has 0 aromatic carbocycles. The smallest absolute Gasteiger partial charge is 0.243 e. The van der Waals surface area contributed by atoms with Crippen LogP contribution in [0.3, 0.4) is 0 Å². The third kappa shape index (κ3) is 19.4. The number of rotatable bonds is 18. The number of carbonyl (C=O) groups excluding carboxylic acids is 1. The minimum Gasteiger partial charge on any atom is -0.352 e. The summed E-state index contributed by atoms with van der Waals surface area (Å²) in [5, 5.41) is 11.8. The van der Waals surface area contributed by atoms with E-state index in [1.807, 2.05) is 12.2 Å². The molecular formula is C24H43NO3. The zero-order chi connectivity index (χ0) is 20.9. The first-order valence-electron chi connectivity index (χ1n) is 11.2. The minimum atomic E-state index is -0.158. The Morgan fingerprint density at radius 1 is 0.964 bits per heavy atom. The van der Waals surface area contributed by atoms with Crippen LogP contribution in [0.15, 0.2) is 36.5 Å². The largest absolute Gasteiger partial charge is 0.352 e. The summed E-state index contributed by atoms with van der Waals surface area (Å²) in [6.45, 7) is 7.07. The molecule has 0 bridgehead atoms. The Morgan fingerprint density at radius 2 is 1.64 bits per heavy atom. The van der Waals surface area contributed by atoms with E-state index in [0.717, 1.165) is 25.7 Å². The lowest BCUT2D eigenvalue weighted by atomic mass is 10.1. The van der Waals surface area contributed by atoms with Gasteiger partial charge in [-0.1, -0.05) is 89.7 Å². The van der Waals surface area contributed by atoms with Crippen molar-refractivity contribution in [2.75, 3.05) is 6.54 Å². The Morgan fingerprint density at radius 3 is 2.36 bits per heavy atom. The highest BCUT2D eigenvalue weighted by Gasteiger charge is 2.03. The molecule has 0 aromatic heterocycles. The first-order valence-corrected chi connectivity index (χ1v) is 11.2. The van der Waals surface area contributed by atoms with E-state index in [-0.39, 0.29) is 12.0 Å². The third-order valence-corrected chi connectivity index (χ3v) is 4.50. The van der Waals surface area contributed by atoms with E-state index in [0.29, 0.717) is 12.5 Å². The van der Waals surface area contributed by atoms with Gasteiger partial charge in [0.15, 0.2) is 0 Å². The SMILES string of the molecule is CCCCCC=CC(CCCCCCCC=CC=CC(=O)NCC(C)C)OO. The fourth-order valence-electron chi connectivity index (χ4n) is 2.76. The van der Waals surface area contributed by atoms with Crippen molar-refractivity contribution in [3.63, 3.8) is 0 Å². The Kier molecular flexibility index (Phi) is 19.3. The second-order valence-corrected chi connectivity index (χ2v) is 7.84. The van der Waals surface area contributed by atoms with Gasteiger partial charge >= 0.3 is 0 Å². The van der Waals surface area contributed by atoms with Gasteiger partial charge in [-0.15, -0.1) is 0 Å². The van der Waals surface area contributed by atoms with Crippen molar-refractivity contribution in [3.05, 3.63) is 36.5 Å². The average molecular weight is 394 g/mol. The summed E-state index contributed by atoms with van der Waals surface area (Å²) in [6, 6.07) is 0.